The van der Waals surface area contributed by atoms with Gasteiger partial charge >= 0.3 is 0 Å². The Morgan fingerprint density at radius 3 is 2.88 bits per heavy atom. The summed E-state index contributed by atoms with van der Waals surface area (Å²) in [6.07, 6.45) is 5.52. The van der Waals surface area contributed by atoms with Crippen LogP contribution in [-0.2, 0) is 0 Å². The Bertz CT molecular complexity index is 359. The van der Waals surface area contributed by atoms with Crippen LogP contribution in [0, 0.1) is 12.3 Å². The normalized spacial score (nSPS) is 29.2. The standard InChI is InChI=1S/C13H21NOS/c1-9-10(6-8-15-9)16-11-5-4-7-13(2,3)12(11)14/h6,8,11-12H,4-5,7,14H2,1-3H3. The molecule has 0 aliphatic heterocycles. The number of thioether (sulfide) groups is 1. The van der Waals surface area contributed by atoms with Gasteiger partial charge in [0.1, 0.15) is 5.76 Å². The van der Waals surface area contributed by atoms with E-state index in [1.807, 2.05) is 24.8 Å². The molecule has 2 N–H and O–H groups in total. The predicted molar refractivity (Wildman–Crippen MR) is 68.7 cm³/mol. The van der Waals surface area contributed by atoms with Crippen LogP contribution in [0.1, 0.15) is 38.9 Å². The third kappa shape index (κ3) is 2.30. The molecule has 1 fully saturated rings. The number of aryl methyl sites for hydroxylation is 1. The van der Waals surface area contributed by atoms with Gasteiger partial charge in [0.05, 0.1) is 6.26 Å². The summed E-state index contributed by atoms with van der Waals surface area (Å²) in [7, 11) is 0. The lowest BCUT2D eigenvalue weighted by molar-refractivity contribution is 0.208. The van der Waals surface area contributed by atoms with E-state index < -0.39 is 0 Å². The SMILES string of the molecule is Cc1occc1SC1CCCC(C)(C)C1N. The van der Waals surface area contributed by atoms with E-state index in [2.05, 4.69) is 13.8 Å². The molecule has 90 valence electrons. The van der Waals surface area contributed by atoms with Gasteiger partial charge in [0, 0.05) is 16.2 Å². The van der Waals surface area contributed by atoms with E-state index in [0.717, 1.165) is 5.76 Å². The minimum absolute atomic E-state index is 0.271. The number of rotatable bonds is 2. The van der Waals surface area contributed by atoms with Crippen LogP contribution in [0.15, 0.2) is 21.6 Å². The first-order chi connectivity index (χ1) is 7.50. The molecule has 2 unspecified atom stereocenters. The molecule has 0 spiro atoms. The summed E-state index contributed by atoms with van der Waals surface area (Å²) in [4.78, 5) is 1.25. The van der Waals surface area contributed by atoms with Gasteiger partial charge < -0.3 is 10.2 Å². The second kappa shape index (κ2) is 4.46. The number of furan rings is 1. The van der Waals surface area contributed by atoms with Gasteiger partial charge in [0.25, 0.3) is 0 Å². The highest BCUT2D eigenvalue weighted by atomic mass is 32.2. The number of hydrogen-bond donors (Lipinski definition) is 1. The molecule has 0 saturated heterocycles. The second-order valence-electron chi connectivity index (χ2n) is 5.40. The van der Waals surface area contributed by atoms with Crippen LogP contribution < -0.4 is 5.73 Å². The molecule has 0 bridgehead atoms. The Labute approximate surface area is 102 Å². The van der Waals surface area contributed by atoms with E-state index in [1.54, 1.807) is 6.26 Å². The summed E-state index contributed by atoms with van der Waals surface area (Å²) >= 11 is 1.89. The van der Waals surface area contributed by atoms with Crippen molar-refractivity contribution in [2.24, 2.45) is 11.1 Å². The predicted octanol–water partition coefficient (Wildman–Crippen LogP) is 3.59. The first-order valence-electron chi connectivity index (χ1n) is 5.97. The first-order valence-corrected chi connectivity index (χ1v) is 6.85. The summed E-state index contributed by atoms with van der Waals surface area (Å²) < 4.78 is 5.33. The average Bonchev–Trinajstić information content (AvgIpc) is 2.60. The molecule has 2 rings (SSSR count). The molecule has 1 aromatic heterocycles. The zero-order valence-corrected chi connectivity index (χ0v) is 11.1. The average molecular weight is 239 g/mol. The molecule has 1 saturated carbocycles. The first kappa shape index (κ1) is 12.1. The lowest BCUT2D eigenvalue weighted by atomic mass is 9.73. The van der Waals surface area contributed by atoms with Gasteiger partial charge in [-0.3, -0.25) is 0 Å². The Balaban J connectivity index is 2.08. The van der Waals surface area contributed by atoms with Gasteiger partial charge in [-0.1, -0.05) is 20.3 Å². The van der Waals surface area contributed by atoms with Crippen LogP contribution in [0.5, 0.6) is 0 Å². The monoisotopic (exact) mass is 239 g/mol. The van der Waals surface area contributed by atoms with Crippen molar-refractivity contribution in [2.75, 3.05) is 0 Å². The Morgan fingerprint density at radius 1 is 1.50 bits per heavy atom. The van der Waals surface area contributed by atoms with Crippen molar-refractivity contribution in [2.45, 2.75) is 56.2 Å². The largest absolute Gasteiger partial charge is 0.468 e. The van der Waals surface area contributed by atoms with Crippen molar-refractivity contribution in [1.82, 2.24) is 0 Å². The molecule has 2 nitrogen and oxygen atoms in total. The Morgan fingerprint density at radius 2 is 2.25 bits per heavy atom. The number of hydrogen-bond acceptors (Lipinski definition) is 3. The quantitative estimate of drug-likeness (QED) is 0.857. The minimum atomic E-state index is 0.271. The van der Waals surface area contributed by atoms with Crippen molar-refractivity contribution in [3.8, 4) is 0 Å². The van der Waals surface area contributed by atoms with Gasteiger partial charge in [0.2, 0.25) is 0 Å². The van der Waals surface area contributed by atoms with E-state index in [1.165, 1.54) is 24.2 Å². The van der Waals surface area contributed by atoms with Crippen molar-refractivity contribution < 1.29 is 4.42 Å². The fourth-order valence-corrected chi connectivity index (χ4v) is 3.87. The molecule has 0 aromatic carbocycles. The van der Waals surface area contributed by atoms with Crippen LogP contribution in [0.25, 0.3) is 0 Å². The summed E-state index contributed by atoms with van der Waals surface area (Å²) in [6.45, 7) is 6.58. The molecule has 1 aliphatic carbocycles. The third-order valence-electron chi connectivity index (χ3n) is 3.70. The molecule has 0 amide bonds. The maximum absolute atomic E-state index is 6.37. The zero-order chi connectivity index (χ0) is 11.8. The minimum Gasteiger partial charge on any atom is -0.468 e. The van der Waals surface area contributed by atoms with E-state index in [9.17, 15) is 0 Å². The molecule has 3 heteroatoms. The molecule has 0 radical (unpaired) electrons. The van der Waals surface area contributed by atoms with Crippen molar-refractivity contribution in [3.63, 3.8) is 0 Å². The lowest BCUT2D eigenvalue weighted by Gasteiger charge is -2.41. The fourth-order valence-electron chi connectivity index (χ4n) is 2.40. The molecular formula is C13H21NOS. The summed E-state index contributed by atoms with van der Waals surface area (Å²) in [5, 5.41) is 0.528. The van der Waals surface area contributed by atoms with Crippen LogP contribution in [0.2, 0.25) is 0 Å². The maximum Gasteiger partial charge on any atom is 0.114 e. The van der Waals surface area contributed by atoms with E-state index >= 15 is 0 Å². The smallest absolute Gasteiger partial charge is 0.114 e. The summed E-state index contributed by atoms with van der Waals surface area (Å²) in [6, 6.07) is 2.33. The zero-order valence-electron chi connectivity index (χ0n) is 10.3. The highest BCUT2D eigenvalue weighted by molar-refractivity contribution is 8.00. The maximum atomic E-state index is 6.37. The Kier molecular flexibility index (Phi) is 3.36. The van der Waals surface area contributed by atoms with Crippen LogP contribution in [0.3, 0.4) is 0 Å². The molecule has 1 aliphatic rings. The summed E-state index contributed by atoms with van der Waals surface area (Å²) in [5.41, 5.74) is 6.64. The fraction of sp³-hybridized carbons (Fsp3) is 0.692. The van der Waals surface area contributed by atoms with Gasteiger partial charge in [-0.05, 0) is 31.2 Å². The molecule has 1 heterocycles. The van der Waals surface area contributed by atoms with Crippen LogP contribution >= 0.6 is 11.8 Å². The highest BCUT2D eigenvalue weighted by Crippen LogP contribution is 2.42. The molecule has 16 heavy (non-hydrogen) atoms. The van der Waals surface area contributed by atoms with Crippen molar-refractivity contribution in [1.29, 1.82) is 0 Å². The van der Waals surface area contributed by atoms with E-state index in [4.69, 9.17) is 10.2 Å². The lowest BCUT2D eigenvalue weighted by Crippen LogP contribution is -2.48. The highest BCUT2D eigenvalue weighted by Gasteiger charge is 2.37. The third-order valence-corrected chi connectivity index (χ3v) is 5.21. The van der Waals surface area contributed by atoms with Crippen molar-refractivity contribution >= 4 is 11.8 Å². The van der Waals surface area contributed by atoms with Crippen molar-refractivity contribution in [3.05, 3.63) is 18.1 Å². The van der Waals surface area contributed by atoms with E-state index in [-0.39, 0.29) is 11.5 Å². The molecular weight excluding hydrogens is 218 g/mol. The second-order valence-corrected chi connectivity index (χ2v) is 6.68. The number of nitrogens with two attached hydrogens (primary N) is 1. The van der Waals surface area contributed by atoms with Crippen LogP contribution in [0.4, 0.5) is 0 Å². The van der Waals surface area contributed by atoms with Gasteiger partial charge in [-0.15, -0.1) is 11.8 Å². The Hall–Kier alpha value is -0.410. The molecule has 2 atom stereocenters. The van der Waals surface area contributed by atoms with Gasteiger partial charge in [-0.25, -0.2) is 0 Å². The molecule has 1 aromatic rings. The van der Waals surface area contributed by atoms with Gasteiger partial charge in [0.15, 0.2) is 0 Å². The van der Waals surface area contributed by atoms with E-state index in [0.29, 0.717) is 5.25 Å². The van der Waals surface area contributed by atoms with Crippen LogP contribution in [-0.4, -0.2) is 11.3 Å². The summed E-state index contributed by atoms with van der Waals surface area (Å²) in [5.74, 6) is 1.01. The topological polar surface area (TPSA) is 39.2 Å². The van der Waals surface area contributed by atoms with Gasteiger partial charge in [-0.2, -0.15) is 0 Å².